The molecule has 0 aliphatic heterocycles. The Morgan fingerprint density at radius 3 is 2.47 bits per heavy atom. The Balaban J connectivity index is 2.13. The van der Waals surface area contributed by atoms with Gasteiger partial charge in [-0.1, -0.05) is 49.7 Å². The van der Waals surface area contributed by atoms with Gasteiger partial charge in [0.15, 0.2) is 0 Å². The van der Waals surface area contributed by atoms with Crippen molar-refractivity contribution in [1.29, 1.82) is 0 Å². The molecule has 0 saturated heterocycles. The second-order valence-corrected chi connectivity index (χ2v) is 5.23. The van der Waals surface area contributed by atoms with Gasteiger partial charge in [0.2, 0.25) is 0 Å². The first-order valence-electron chi connectivity index (χ1n) is 7.21. The summed E-state index contributed by atoms with van der Waals surface area (Å²) in [6, 6.07) is 12.8. The third-order valence-electron chi connectivity index (χ3n) is 3.71. The van der Waals surface area contributed by atoms with Gasteiger partial charge in [-0.05, 0) is 41.7 Å². The van der Waals surface area contributed by atoms with Crippen LogP contribution in [-0.2, 0) is 11.2 Å². The van der Waals surface area contributed by atoms with E-state index < -0.39 is 0 Å². The average Bonchev–Trinajstić information content (AvgIpc) is 2.45. The van der Waals surface area contributed by atoms with Gasteiger partial charge in [-0.2, -0.15) is 0 Å². The van der Waals surface area contributed by atoms with Gasteiger partial charge in [-0.15, -0.1) is 0 Å². The highest BCUT2D eigenvalue weighted by Crippen LogP contribution is 2.23. The highest BCUT2D eigenvalue weighted by atomic mass is 16.1. The van der Waals surface area contributed by atoms with Crippen molar-refractivity contribution in [2.24, 2.45) is 0 Å². The van der Waals surface area contributed by atoms with Crippen molar-refractivity contribution >= 4 is 16.6 Å². The predicted octanol–water partition coefficient (Wildman–Crippen LogP) is 4.84. The van der Waals surface area contributed by atoms with E-state index in [4.69, 9.17) is 0 Å². The molecule has 100 valence electrons. The highest BCUT2D eigenvalue weighted by Gasteiger charge is 2.06. The Morgan fingerprint density at radius 1 is 1.00 bits per heavy atom. The van der Waals surface area contributed by atoms with Crippen LogP contribution in [0, 0.1) is 6.92 Å². The number of carbonyl (C=O) groups excluding carboxylic acids is 1. The number of fused-ring (bicyclic) bond motifs is 1. The van der Waals surface area contributed by atoms with Crippen LogP contribution in [0.5, 0.6) is 0 Å². The van der Waals surface area contributed by atoms with Crippen LogP contribution in [0.25, 0.3) is 10.8 Å². The molecule has 0 aromatic heterocycles. The predicted molar refractivity (Wildman–Crippen MR) is 81.5 cm³/mol. The first kappa shape index (κ1) is 13.8. The summed E-state index contributed by atoms with van der Waals surface area (Å²) >= 11 is 0. The van der Waals surface area contributed by atoms with E-state index in [-0.39, 0.29) is 0 Å². The summed E-state index contributed by atoms with van der Waals surface area (Å²) < 4.78 is 0. The number of ketones is 1. The lowest BCUT2D eigenvalue weighted by Gasteiger charge is -2.08. The van der Waals surface area contributed by atoms with E-state index in [1.54, 1.807) is 0 Å². The summed E-state index contributed by atoms with van der Waals surface area (Å²) in [6.45, 7) is 4.26. The van der Waals surface area contributed by atoms with E-state index >= 15 is 0 Å². The number of aryl methyl sites for hydroxylation is 2. The highest BCUT2D eigenvalue weighted by molar-refractivity contribution is 5.89. The van der Waals surface area contributed by atoms with E-state index in [9.17, 15) is 4.79 Å². The largest absolute Gasteiger partial charge is 0.300 e. The average molecular weight is 254 g/mol. The molecule has 19 heavy (non-hydrogen) atoms. The Hall–Kier alpha value is -1.63. The molecule has 1 heteroatoms. The molecule has 0 unspecified atom stereocenters. The molecule has 0 atom stereocenters. The third-order valence-corrected chi connectivity index (χ3v) is 3.71. The summed E-state index contributed by atoms with van der Waals surface area (Å²) in [7, 11) is 0. The first-order chi connectivity index (χ1) is 9.22. The molecular weight excluding hydrogens is 232 g/mol. The van der Waals surface area contributed by atoms with Crippen LogP contribution >= 0.6 is 0 Å². The molecular formula is C18H22O. The van der Waals surface area contributed by atoms with Gasteiger partial charge < -0.3 is 0 Å². The molecule has 0 bridgehead atoms. The normalized spacial score (nSPS) is 10.8. The van der Waals surface area contributed by atoms with Crippen LogP contribution in [-0.4, -0.2) is 5.78 Å². The smallest absolute Gasteiger partial charge is 0.133 e. The second-order valence-electron chi connectivity index (χ2n) is 5.23. The molecule has 2 aromatic carbocycles. The van der Waals surface area contributed by atoms with Crippen molar-refractivity contribution in [2.45, 2.75) is 46.0 Å². The van der Waals surface area contributed by atoms with E-state index in [1.165, 1.54) is 21.9 Å². The van der Waals surface area contributed by atoms with Crippen LogP contribution < -0.4 is 0 Å². The van der Waals surface area contributed by atoms with Crippen molar-refractivity contribution in [2.75, 3.05) is 0 Å². The van der Waals surface area contributed by atoms with Crippen molar-refractivity contribution in [3.05, 3.63) is 47.5 Å². The Labute approximate surface area is 115 Å². The molecule has 0 heterocycles. The number of carbonyl (C=O) groups is 1. The van der Waals surface area contributed by atoms with Crippen LogP contribution in [0.3, 0.4) is 0 Å². The van der Waals surface area contributed by atoms with Crippen molar-refractivity contribution < 1.29 is 4.79 Å². The first-order valence-corrected chi connectivity index (χ1v) is 7.21. The van der Waals surface area contributed by atoms with E-state index in [1.807, 2.05) is 0 Å². The maximum absolute atomic E-state index is 11.8. The summed E-state index contributed by atoms with van der Waals surface area (Å²) in [6.07, 6.45) is 4.39. The standard InChI is InChI=1S/C18H22O/c1-3-4-7-16(19)13-12-15-11-10-14(2)17-8-5-6-9-18(15)17/h5-6,8-11H,3-4,7,12-13H2,1-2H3. The lowest BCUT2D eigenvalue weighted by Crippen LogP contribution is -2.00. The Bertz CT molecular complexity index is 569. The maximum atomic E-state index is 11.8. The molecule has 1 nitrogen and oxygen atoms in total. The summed E-state index contributed by atoms with van der Waals surface area (Å²) in [5, 5.41) is 2.60. The SMILES string of the molecule is CCCCC(=O)CCc1ccc(C)c2ccccc12. The molecule has 2 rings (SSSR count). The molecule has 0 N–H and O–H groups in total. The second kappa shape index (κ2) is 6.51. The van der Waals surface area contributed by atoms with Crippen molar-refractivity contribution in [3.8, 4) is 0 Å². The third kappa shape index (κ3) is 3.44. The molecule has 0 saturated carbocycles. The minimum Gasteiger partial charge on any atom is -0.300 e. The quantitative estimate of drug-likeness (QED) is 0.721. The summed E-state index contributed by atoms with van der Waals surface area (Å²) in [4.78, 5) is 11.8. The number of benzene rings is 2. The van der Waals surface area contributed by atoms with Gasteiger partial charge in [-0.3, -0.25) is 4.79 Å². The van der Waals surface area contributed by atoms with Gasteiger partial charge in [0, 0.05) is 12.8 Å². The van der Waals surface area contributed by atoms with Crippen LogP contribution in [0.15, 0.2) is 36.4 Å². The van der Waals surface area contributed by atoms with E-state index in [2.05, 4.69) is 50.2 Å². The minimum absolute atomic E-state index is 0.395. The van der Waals surface area contributed by atoms with Crippen LogP contribution in [0.4, 0.5) is 0 Å². The fourth-order valence-electron chi connectivity index (χ4n) is 2.50. The zero-order valence-corrected chi connectivity index (χ0v) is 11.9. The van der Waals surface area contributed by atoms with Crippen molar-refractivity contribution in [3.63, 3.8) is 0 Å². The zero-order chi connectivity index (χ0) is 13.7. The summed E-state index contributed by atoms with van der Waals surface area (Å²) in [5.74, 6) is 0.395. The van der Waals surface area contributed by atoms with E-state index in [0.717, 1.165) is 25.7 Å². The number of rotatable bonds is 6. The van der Waals surface area contributed by atoms with Crippen LogP contribution in [0.2, 0.25) is 0 Å². The molecule has 0 aliphatic carbocycles. The summed E-state index contributed by atoms with van der Waals surface area (Å²) in [5.41, 5.74) is 2.60. The fourth-order valence-corrected chi connectivity index (χ4v) is 2.50. The van der Waals surface area contributed by atoms with E-state index in [0.29, 0.717) is 12.2 Å². The molecule has 2 aromatic rings. The maximum Gasteiger partial charge on any atom is 0.133 e. The van der Waals surface area contributed by atoms with Crippen LogP contribution in [0.1, 0.15) is 43.7 Å². The minimum atomic E-state index is 0.395. The Kier molecular flexibility index (Phi) is 4.73. The lowest BCUT2D eigenvalue weighted by molar-refractivity contribution is -0.119. The monoisotopic (exact) mass is 254 g/mol. The van der Waals surface area contributed by atoms with Crippen molar-refractivity contribution in [1.82, 2.24) is 0 Å². The molecule has 0 spiro atoms. The topological polar surface area (TPSA) is 17.1 Å². The lowest BCUT2D eigenvalue weighted by atomic mass is 9.96. The van der Waals surface area contributed by atoms with Gasteiger partial charge in [0.1, 0.15) is 5.78 Å². The zero-order valence-electron chi connectivity index (χ0n) is 11.9. The Morgan fingerprint density at radius 2 is 1.74 bits per heavy atom. The van der Waals surface area contributed by atoms with Gasteiger partial charge in [-0.25, -0.2) is 0 Å². The molecule has 0 radical (unpaired) electrons. The number of hydrogen-bond donors (Lipinski definition) is 0. The molecule has 0 amide bonds. The molecule has 0 aliphatic rings. The number of Topliss-reactive ketones (excluding diaryl/α,β-unsaturated/α-hetero) is 1. The number of hydrogen-bond acceptors (Lipinski definition) is 1. The van der Waals surface area contributed by atoms with Gasteiger partial charge in [0.25, 0.3) is 0 Å². The van der Waals surface area contributed by atoms with Gasteiger partial charge in [0.05, 0.1) is 0 Å². The molecule has 0 fully saturated rings. The fraction of sp³-hybridized carbons (Fsp3) is 0.389. The number of unbranched alkanes of at least 4 members (excludes halogenated alkanes) is 1. The van der Waals surface area contributed by atoms with Gasteiger partial charge >= 0.3 is 0 Å².